The highest BCUT2D eigenvalue weighted by molar-refractivity contribution is 5.41. The fourth-order valence-electron chi connectivity index (χ4n) is 1.93. The molecule has 0 bridgehead atoms. The molecule has 1 N–H and O–H groups in total. The van der Waals surface area contributed by atoms with Crippen LogP contribution in [-0.4, -0.2) is 5.11 Å². The van der Waals surface area contributed by atoms with E-state index in [9.17, 15) is 5.11 Å². The molecule has 1 nitrogen and oxygen atoms in total. The van der Waals surface area contributed by atoms with Gasteiger partial charge in [-0.05, 0) is 49.1 Å². The van der Waals surface area contributed by atoms with Gasteiger partial charge in [0.25, 0.3) is 0 Å². The Morgan fingerprint density at radius 3 is 2.31 bits per heavy atom. The van der Waals surface area contributed by atoms with Crippen LogP contribution in [-0.2, 0) is 6.42 Å². The summed E-state index contributed by atoms with van der Waals surface area (Å²) < 4.78 is 0. The number of aryl methyl sites for hydroxylation is 2. The van der Waals surface area contributed by atoms with Gasteiger partial charge in [-0.1, -0.05) is 19.8 Å². The van der Waals surface area contributed by atoms with Gasteiger partial charge in [0, 0.05) is 12.3 Å². The lowest BCUT2D eigenvalue weighted by molar-refractivity contribution is 0.474. The average Bonchev–Trinajstić information content (AvgIpc) is 2.20. The van der Waals surface area contributed by atoms with Crippen LogP contribution < -0.4 is 0 Å². The quantitative estimate of drug-likeness (QED) is 0.749. The van der Waals surface area contributed by atoms with E-state index in [0.29, 0.717) is 11.7 Å². The van der Waals surface area contributed by atoms with Crippen molar-refractivity contribution >= 4 is 0 Å². The van der Waals surface area contributed by atoms with Gasteiger partial charge in [0.05, 0.1) is 0 Å². The van der Waals surface area contributed by atoms with E-state index >= 15 is 0 Å². The zero-order chi connectivity index (χ0) is 12.1. The summed E-state index contributed by atoms with van der Waals surface area (Å²) in [5.74, 6) is 7.09. The molecule has 86 valence electrons. The Balaban J connectivity index is 2.89. The second-order valence-electron chi connectivity index (χ2n) is 4.34. The Morgan fingerprint density at radius 1 is 1.25 bits per heavy atom. The molecule has 0 aromatic heterocycles. The molecular formula is C15H20O. The molecule has 0 saturated heterocycles. The molecule has 0 heterocycles. The number of rotatable bonds is 2. The standard InChI is InChI=1S/C15H20O/c1-5-6-7-11(2)8-15-12(3)9-14(16)10-13(15)4/h9-11,16H,5,8H2,1-4H3. The van der Waals surface area contributed by atoms with Crippen LogP contribution in [0, 0.1) is 31.6 Å². The zero-order valence-corrected chi connectivity index (χ0v) is 10.6. The van der Waals surface area contributed by atoms with Crippen molar-refractivity contribution in [1.82, 2.24) is 0 Å². The summed E-state index contributed by atoms with van der Waals surface area (Å²) in [7, 11) is 0. The molecule has 0 radical (unpaired) electrons. The average molecular weight is 216 g/mol. The molecule has 16 heavy (non-hydrogen) atoms. The normalized spacial score (nSPS) is 11.8. The van der Waals surface area contributed by atoms with E-state index in [4.69, 9.17) is 0 Å². The highest BCUT2D eigenvalue weighted by Gasteiger charge is 2.07. The maximum Gasteiger partial charge on any atom is 0.116 e. The first-order valence-electron chi connectivity index (χ1n) is 5.82. The number of phenols is 1. The van der Waals surface area contributed by atoms with E-state index in [1.807, 2.05) is 26.0 Å². The maximum absolute atomic E-state index is 9.47. The van der Waals surface area contributed by atoms with Crippen LogP contribution in [0.5, 0.6) is 5.75 Å². The van der Waals surface area contributed by atoms with Crippen molar-refractivity contribution in [2.75, 3.05) is 0 Å². The van der Waals surface area contributed by atoms with Gasteiger partial charge < -0.3 is 5.11 Å². The van der Waals surface area contributed by atoms with Crippen LogP contribution in [0.1, 0.15) is 37.0 Å². The molecule has 0 aliphatic rings. The number of hydrogen-bond acceptors (Lipinski definition) is 1. The van der Waals surface area contributed by atoms with E-state index in [1.54, 1.807) is 0 Å². The maximum atomic E-state index is 9.47. The van der Waals surface area contributed by atoms with Gasteiger partial charge in [0.2, 0.25) is 0 Å². The Labute approximate surface area is 98.5 Å². The largest absolute Gasteiger partial charge is 0.508 e. The lowest BCUT2D eigenvalue weighted by Crippen LogP contribution is -2.01. The van der Waals surface area contributed by atoms with Crippen molar-refractivity contribution in [2.45, 2.75) is 40.5 Å². The molecule has 1 rings (SSSR count). The first-order valence-corrected chi connectivity index (χ1v) is 5.82. The number of phenolic OH excluding ortho intramolecular Hbond substituents is 1. The highest BCUT2D eigenvalue weighted by atomic mass is 16.3. The molecule has 0 aliphatic carbocycles. The van der Waals surface area contributed by atoms with Crippen LogP contribution in [0.2, 0.25) is 0 Å². The first kappa shape index (κ1) is 12.6. The summed E-state index contributed by atoms with van der Waals surface area (Å²) in [6.07, 6.45) is 1.88. The van der Waals surface area contributed by atoms with E-state index < -0.39 is 0 Å². The van der Waals surface area contributed by atoms with Gasteiger partial charge in [-0.25, -0.2) is 0 Å². The van der Waals surface area contributed by atoms with Crippen LogP contribution >= 0.6 is 0 Å². The lowest BCUT2D eigenvalue weighted by atomic mass is 9.93. The Hall–Kier alpha value is -1.42. The zero-order valence-electron chi connectivity index (χ0n) is 10.6. The van der Waals surface area contributed by atoms with Crippen molar-refractivity contribution in [3.8, 4) is 17.6 Å². The monoisotopic (exact) mass is 216 g/mol. The molecule has 1 atom stereocenters. The smallest absolute Gasteiger partial charge is 0.116 e. The molecule has 0 amide bonds. The summed E-state index contributed by atoms with van der Waals surface area (Å²) in [6.45, 7) is 8.30. The predicted molar refractivity (Wildman–Crippen MR) is 68.5 cm³/mol. The number of aromatic hydroxyl groups is 1. The molecule has 1 aromatic carbocycles. The fourth-order valence-corrected chi connectivity index (χ4v) is 1.93. The Morgan fingerprint density at radius 2 is 1.81 bits per heavy atom. The van der Waals surface area contributed by atoms with Crippen molar-refractivity contribution in [2.24, 2.45) is 5.92 Å². The molecule has 0 saturated carbocycles. The predicted octanol–water partition coefficient (Wildman–Crippen LogP) is 3.60. The lowest BCUT2D eigenvalue weighted by Gasteiger charge is -2.12. The summed E-state index contributed by atoms with van der Waals surface area (Å²) in [5.41, 5.74) is 3.63. The van der Waals surface area contributed by atoms with Gasteiger partial charge in [-0.2, -0.15) is 0 Å². The molecule has 0 aliphatic heterocycles. The molecule has 0 fully saturated rings. The van der Waals surface area contributed by atoms with Crippen molar-refractivity contribution in [3.63, 3.8) is 0 Å². The third-order valence-corrected chi connectivity index (χ3v) is 2.72. The van der Waals surface area contributed by atoms with Crippen LogP contribution in [0.3, 0.4) is 0 Å². The van der Waals surface area contributed by atoms with Crippen molar-refractivity contribution < 1.29 is 5.11 Å². The SMILES string of the molecule is CCC#CC(C)Cc1c(C)cc(O)cc1C. The van der Waals surface area contributed by atoms with Gasteiger partial charge in [0.1, 0.15) is 5.75 Å². The van der Waals surface area contributed by atoms with Crippen LogP contribution in [0.4, 0.5) is 0 Å². The second-order valence-corrected chi connectivity index (χ2v) is 4.34. The van der Waals surface area contributed by atoms with Crippen LogP contribution in [0.15, 0.2) is 12.1 Å². The third-order valence-electron chi connectivity index (χ3n) is 2.72. The second kappa shape index (κ2) is 5.61. The molecular weight excluding hydrogens is 196 g/mol. The van der Waals surface area contributed by atoms with Gasteiger partial charge in [-0.15, -0.1) is 5.92 Å². The molecule has 1 heteroatoms. The summed E-state index contributed by atoms with van der Waals surface area (Å²) in [6, 6.07) is 3.64. The van der Waals surface area contributed by atoms with E-state index in [-0.39, 0.29) is 0 Å². The summed E-state index contributed by atoms with van der Waals surface area (Å²) in [5, 5.41) is 9.47. The minimum atomic E-state index is 0.353. The minimum absolute atomic E-state index is 0.353. The van der Waals surface area contributed by atoms with Gasteiger partial charge in [0.15, 0.2) is 0 Å². The number of benzene rings is 1. The molecule has 1 aromatic rings. The highest BCUT2D eigenvalue weighted by Crippen LogP contribution is 2.23. The topological polar surface area (TPSA) is 20.2 Å². The Bertz CT molecular complexity index is 398. The van der Waals surface area contributed by atoms with E-state index in [2.05, 4.69) is 25.7 Å². The fraction of sp³-hybridized carbons (Fsp3) is 0.467. The van der Waals surface area contributed by atoms with Gasteiger partial charge >= 0.3 is 0 Å². The van der Waals surface area contributed by atoms with E-state index in [0.717, 1.165) is 24.0 Å². The van der Waals surface area contributed by atoms with Gasteiger partial charge in [-0.3, -0.25) is 0 Å². The first-order chi connectivity index (χ1) is 7.54. The summed E-state index contributed by atoms with van der Waals surface area (Å²) in [4.78, 5) is 0. The third kappa shape index (κ3) is 3.31. The van der Waals surface area contributed by atoms with Crippen LogP contribution in [0.25, 0.3) is 0 Å². The molecule has 1 unspecified atom stereocenters. The van der Waals surface area contributed by atoms with E-state index in [1.165, 1.54) is 5.56 Å². The van der Waals surface area contributed by atoms with Crippen molar-refractivity contribution in [3.05, 3.63) is 28.8 Å². The summed E-state index contributed by atoms with van der Waals surface area (Å²) >= 11 is 0. The number of hydrogen-bond donors (Lipinski definition) is 1. The van der Waals surface area contributed by atoms with Crippen molar-refractivity contribution in [1.29, 1.82) is 0 Å². The minimum Gasteiger partial charge on any atom is -0.508 e. The molecule has 0 spiro atoms. The Kier molecular flexibility index (Phi) is 4.43.